The van der Waals surface area contributed by atoms with Gasteiger partial charge in [-0.05, 0) is 19.1 Å². The first kappa shape index (κ1) is 15.0. The summed E-state index contributed by atoms with van der Waals surface area (Å²) in [4.78, 5) is 11.4. The van der Waals surface area contributed by atoms with Crippen LogP contribution in [0, 0.1) is 0 Å². The molecule has 112 valence electrons. The number of hydrogen-bond acceptors (Lipinski definition) is 5. The van der Waals surface area contributed by atoms with Crippen LogP contribution in [0.4, 0.5) is 0 Å². The molecule has 2 rings (SSSR count). The van der Waals surface area contributed by atoms with Gasteiger partial charge in [0, 0.05) is 12.2 Å². The van der Waals surface area contributed by atoms with Crippen molar-refractivity contribution in [3.63, 3.8) is 0 Å². The van der Waals surface area contributed by atoms with Crippen LogP contribution in [0.1, 0.15) is 17.4 Å². The summed E-state index contributed by atoms with van der Waals surface area (Å²) in [5.41, 5.74) is 0.953. The Morgan fingerprint density at radius 2 is 2.14 bits per heavy atom. The second-order valence-electron chi connectivity index (χ2n) is 4.21. The van der Waals surface area contributed by atoms with Crippen LogP contribution >= 0.6 is 0 Å². The lowest BCUT2D eigenvalue weighted by Gasteiger charge is -2.11. The zero-order valence-corrected chi connectivity index (χ0v) is 11.9. The highest BCUT2D eigenvalue weighted by Crippen LogP contribution is 2.31. The van der Waals surface area contributed by atoms with E-state index in [0.29, 0.717) is 36.8 Å². The molecule has 0 unspecified atom stereocenters. The van der Waals surface area contributed by atoms with E-state index in [9.17, 15) is 9.90 Å². The topological polar surface area (TPSA) is 86.5 Å². The van der Waals surface area contributed by atoms with Gasteiger partial charge in [-0.1, -0.05) is 17.3 Å². The maximum atomic E-state index is 11.4. The van der Waals surface area contributed by atoms with Gasteiger partial charge >= 0.3 is 5.97 Å². The lowest BCUT2D eigenvalue weighted by Crippen LogP contribution is -2.10. The minimum absolute atomic E-state index is 0.101. The third-order valence-electron chi connectivity index (χ3n) is 2.95. The zero-order chi connectivity index (χ0) is 15.2. The fourth-order valence-corrected chi connectivity index (χ4v) is 2.02. The number of carboxylic acids is 1. The number of carbonyl (C=O) groups is 1. The normalized spacial score (nSPS) is 10.6. The lowest BCUT2D eigenvalue weighted by molar-refractivity contribution is 0.0691. The predicted octanol–water partition coefficient (Wildman–Crippen LogP) is 1.69. The third-order valence-corrected chi connectivity index (χ3v) is 2.95. The van der Waals surface area contributed by atoms with Gasteiger partial charge in [0.15, 0.2) is 5.69 Å². The summed E-state index contributed by atoms with van der Waals surface area (Å²) in [6.45, 7) is 3.33. The SMILES string of the molecule is CCOCCn1nnc(C(=O)O)c1-c1ccccc1OC. The minimum Gasteiger partial charge on any atom is -0.496 e. The van der Waals surface area contributed by atoms with Crippen LogP contribution in [0.15, 0.2) is 24.3 Å². The van der Waals surface area contributed by atoms with Crippen molar-refractivity contribution in [2.75, 3.05) is 20.3 Å². The molecule has 0 aliphatic rings. The first-order valence-corrected chi connectivity index (χ1v) is 6.57. The molecule has 7 heteroatoms. The molecule has 0 fully saturated rings. The molecule has 1 aromatic heterocycles. The van der Waals surface area contributed by atoms with Crippen molar-refractivity contribution in [1.82, 2.24) is 15.0 Å². The lowest BCUT2D eigenvalue weighted by atomic mass is 10.1. The molecule has 0 radical (unpaired) electrons. The molecule has 1 heterocycles. The van der Waals surface area contributed by atoms with E-state index >= 15 is 0 Å². The molecule has 0 amide bonds. The van der Waals surface area contributed by atoms with E-state index in [1.54, 1.807) is 12.1 Å². The van der Waals surface area contributed by atoms with Crippen LogP contribution in [0.3, 0.4) is 0 Å². The highest BCUT2D eigenvalue weighted by atomic mass is 16.5. The van der Waals surface area contributed by atoms with E-state index < -0.39 is 5.97 Å². The van der Waals surface area contributed by atoms with E-state index in [0.717, 1.165) is 0 Å². The molecule has 0 saturated heterocycles. The Kier molecular flexibility index (Phi) is 4.89. The van der Waals surface area contributed by atoms with Crippen molar-refractivity contribution in [3.05, 3.63) is 30.0 Å². The quantitative estimate of drug-likeness (QED) is 0.781. The van der Waals surface area contributed by atoms with E-state index in [-0.39, 0.29) is 5.69 Å². The smallest absolute Gasteiger partial charge is 0.358 e. The van der Waals surface area contributed by atoms with E-state index in [4.69, 9.17) is 9.47 Å². The monoisotopic (exact) mass is 291 g/mol. The largest absolute Gasteiger partial charge is 0.496 e. The second-order valence-corrected chi connectivity index (χ2v) is 4.21. The van der Waals surface area contributed by atoms with Gasteiger partial charge in [0.25, 0.3) is 0 Å². The van der Waals surface area contributed by atoms with Crippen LogP contribution in [-0.4, -0.2) is 46.4 Å². The first-order valence-electron chi connectivity index (χ1n) is 6.57. The van der Waals surface area contributed by atoms with Gasteiger partial charge < -0.3 is 14.6 Å². The summed E-state index contributed by atoms with van der Waals surface area (Å²) >= 11 is 0. The molecule has 7 nitrogen and oxygen atoms in total. The molecule has 0 aliphatic heterocycles. The Morgan fingerprint density at radius 1 is 1.38 bits per heavy atom. The zero-order valence-electron chi connectivity index (χ0n) is 11.9. The second kappa shape index (κ2) is 6.85. The maximum Gasteiger partial charge on any atom is 0.358 e. The molecule has 0 bridgehead atoms. The predicted molar refractivity (Wildman–Crippen MR) is 75.5 cm³/mol. The number of benzene rings is 1. The number of para-hydroxylation sites is 1. The minimum atomic E-state index is -1.13. The van der Waals surface area contributed by atoms with Crippen LogP contribution in [0.5, 0.6) is 5.75 Å². The van der Waals surface area contributed by atoms with Gasteiger partial charge in [-0.15, -0.1) is 5.10 Å². The van der Waals surface area contributed by atoms with Gasteiger partial charge in [0.1, 0.15) is 11.4 Å². The number of hydrogen-bond donors (Lipinski definition) is 1. The Bertz CT molecular complexity index is 624. The van der Waals surface area contributed by atoms with Gasteiger partial charge in [-0.3, -0.25) is 0 Å². The number of aromatic carboxylic acids is 1. The third kappa shape index (κ3) is 3.19. The van der Waals surface area contributed by atoms with Gasteiger partial charge in [-0.2, -0.15) is 0 Å². The standard InChI is InChI=1S/C14H17N3O4/c1-3-21-9-8-17-13(12(14(18)19)15-16-17)10-6-4-5-7-11(10)20-2/h4-7H,3,8-9H2,1-2H3,(H,18,19). The van der Waals surface area contributed by atoms with Crippen LogP contribution in [-0.2, 0) is 11.3 Å². The molecule has 0 spiro atoms. The summed E-state index contributed by atoms with van der Waals surface area (Å²) in [7, 11) is 1.54. The van der Waals surface area contributed by atoms with Crippen molar-refractivity contribution in [2.45, 2.75) is 13.5 Å². The van der Waals surface area contributed by atoms with Crippen molar-refractivity contribution < 1.29 is 19.4 Å². The maximum absolute atomic E-state index is 11.4. The summed E-state index contributed by atoms with van der Waals surface area (Å²) in [6, 6.07) is 7.17. The Balaban J connectivity index is 2.48. The first-order chi connectivity index (χ1) is 10.2. The highest BCUT2D eigenvalue weighted by molar-refractivity contribution is 5.93. The molecule has 0 saturated carbocycles. The van der Waals surface area contributed by atoms with Crippen LogP contribution < -0.4 is 4.74 Å². The highest BCUT2D eigenvalue weighted by Gasteiger charge is 2.22. The summed E-state index contributed by atoms with van der Waals surface area (Å²) in [6.07, 6.45) is 0. The van der Waals surface area contributed by atoms with Gasteiger partial charge in [0.2, 0.25) is 0 Å². The molecule has 0 atom stereocenters. The number of ether oxygens (including phenoxy) is 2. The van der Waals surface area contributed by atoms with Crippen molar-refractivity contribution in [2.24, 2.45) is 0 Å². The molecule has 1 aromatic carbocycles. The fourth-order valence-electron chi connectivity index (χ4n) is 2.02. The Morgan fingerprint density at radius 3 is 2.81 bits per heavy atom. The Hall–Kier alpha value is -2.41. The molecule has 0 aliphatic carbocycles. The number of rotatable bonds is 7. The summed E-state index contributed by atoms with van der Waals surface area (Å²) in [5.74, 6) is -0.557. The van der Waals surface area contributed by atoms with Crippen LogP contribution in [0.2, 0.25) is 0 Å². The van der Waals surface area contributed by atoms with Gasteiger partial charge in [0.05, 0.1) is 20.3 Å². The fraction of sp³-hybridized carbons (Fsp3) is 0.357. The average Bonchev–Trinajstić information content (AvgIpc) is 2.91. The average molecular weight is 291 g/mol. The van der Waals surface area contributed by atoms with Crippen molar-refractivity contribution in [3.8, 4) is 17.0 Å². The molecular weight excluding hydrogens is 274 g/mol. The molecule has 1 N–H and O–H groups in total. The van der Waals surface area contributed by atoms with Gasteiger partial charge in [-0.25, -0.2) is 9.48 Å². The number of methoxy groups -OCH3 is 1. The van der Waals surface area contributed by atoms with E-state index in [1.807, 2.05) is 19.1 Å². The summed E-state index contributed by atoms with van der Waals surface area (Å²) in [5, 5.41) is 16.9. The van der Waals surface area contributed by atoms with E-state index in [2.05, 4.69) is 10.3 Å². The molecule has 2 aromatic rings. The van der Waals surface area contributed by atoms with Crippen LogP contribution in [0.25, 0.3) is 11.3 Å². The van der Waals surface area contributed by atoms with Crippen molar-refractivity contribution in [1.29, 1.82) is 0 Å². The number of nitrogens with zero attached hydrogens (tertiary/aromatic N) is 3. The number of aromatic nitrogens is 3. The van der Waals surface area contributed by atoms with E-state index in [1.165, 1.54) is 11.8 Å². The van der Waals surface area contributed by atoms with Crippen molar-refractivity contribution >= 4 is 5.97 Å². The summed E-state index contributed by atoms with van der Waals surface area (Å²) < 4.78 is 12.1. The Labute approximate surface area is 122 Å². The number of carboxylic acid groups (broad SMARTS) is 1. The molecule has 21 heavy (non-hydrogen) atoms. The molecular formula is C14H17N3O4.